The Morgan fingerprint density at radius 2 is 2.19 bits per heavy atom. The molecule has 116 valence electrons. The van der Waals surface area contributed by atoms with Crippen LogP contribution in [-0.4, -0.2) is 37.8 Å². The smallest absolute Gasteiger partial charge is 0.320 e. The topological polar surface area (TPSA) is 58.4 Å². The second-order valence-electron chi connectivity index (χ2n) is 6.75. The van der Waals surface area contributed by atoms with E-state index in [4.69, 9.17) is 0 Å². The van der Waals surface area contributed by atoms with Gasteiger partial charge in [-0.05, 0) is 45.1 Å². The number of aliphatic carboxylic acids is 1. The molecule has 21 heavy (non-hydrogen) atoms. The first kappa shape index (κ1) is 14.6. The van der Waals surface area contributed by atoms with Gasteiger partial charge in [-0.15, -0.1) is 0 Å². The largest absolute Gasteiger partial charge is 0.480 e. The molecule has 0 spiro atoms. The van der Waals surface area contributed by atoms with E-state index in [2.05, 4.69) is 23.8 Å². The minimum absolute atomic E-state index is 0.331. The molecule has 3 rings (SSSR count). The van der Waals surface area contributed by atoms with Gasteiger partial charge in [0.25, 0.3) is 0 Å². The van der Waals surface area contributed by atoms with Crippen molar-refractivity contribution in [3.63, 3.8) is 0 Å². The molecule has 0 aromatic carbocycles. The van der Waals surface area contributed by atoms with Gasteiger partial charge in [-0.1, -0.05) is 12.8 Å². The quantitative estimate of drug-likeness (QED) is 0.926. The number of carbonyl (C=O) groups is 1. The molecule has 0 bridgehead atoms. The highest BCUT2D eigenvalue weighted by molar-refractivity contribution is 5.74. The lowest BCUT2D eigenvalue weighted by Gasteiger charge is -2.32. The minimum atomic E-state index is -0.673. The molecule has 5 nitrogen and oxygen atoms in total. The molecule has 1 aromatic rings. The number of hydrogen-bond donors (Lipinski definition) is 1. The molecule has 1 saturated carbocycles. The van der Waals surface area contributed by atoms with E-state index in [1.165, 1.54) is 19.3 Å². The molecule has 1 aliphatic heterocycles. The van der Waals surface area contributed by atoms with Crippen molar-refractivity contribution in [2.75, 3.05) is 0 Å². The number of rotatable bonds is 4. The number of nitrogens with zero attached hydrogens (tertiary/aromatic N) is 3. The van der Waals surface area contributed by atoms with Crippen LogP contribution in [0.4, 0.5) is 0 Å². The zero-order valence-electron chi connectivity index (χ0n) is 12.9. The number of fused-ring (bicyclic) bond motifs is 1. The highest BCUT2D eigenvalue weighted by Crippen LogP contribution is 2.40. The van der Waals surface area contributed by atoms with Crippen LogP contribution in [0.15, 0.2) is 12.3 Å². The standard InChI is InChI=1S/C16H25N3O2/c1-11(2)19-8-7-13(17-19)10-18-14-6-4-3-5-12(14)9-15(18)16(20)21/h7-8,11-12,14-15H,3-6,9-10H2,1-2H3,(H,20,21). The monoisotopic (exact) mass is 291 g/mol. The van der Waals surface area contributed by atoms with E-state index in [1.54, 1.807) is 0 Å². The lowest BCUT2D eigenvalue weighted by Crippen LogP contribution is -2.41. The fourth-order valence-corrected chi connectivity index (χ4v) is 3.96. The van der Waals surface area contributed by atoms with Crippen molar-refractivity contribution in [1.29, 1.82) is 0 Å². The molecule has 2 fully saturated rings. The maximum absolute atomic E-state index is 11.6. The Labute approximate surface area is 125 Å². The van der Waals surface area contributed by atoms with Gasteiger partial charge in [-0.3, -0.25) is 14.4 Å². The SMILES string of the molecule is CC(C)n1ccc(CN2C(C(=O)O)CC3CCCCC32)n1. The summed E-state index contributed by atoms with van der Waals surface area (Å²) >= 11 is 0. The van der Waals surface area contributed by atoms with Crippen molar-refractivity contribution in [2.24, 2.45) is 5.92 Å². The maximum atomic E-state index is 11.6. The molecule has 2 heterocycles. The van der Waals surface area contributed by atoms with E-state index < -0.39 is 5.97 Å². The van der Waals surface area contributed by atoms with Crippen molar-refractivity contribution in [3.8, 4) is 0 Å². The van der Waals surface area contributed by atoms with E-state index in [0.29, 0.717) is 24.5 Å². The molecule has 5 heteroatoms. The summed E-state index contributed by atoms with van der Waals surface area (Å²) in [4.78, 5) is 13.8. The highest BCUT2D eigenvalue weighted by Gasteiger charge is 2.45. The number of aromatic nitrogens is 2. The Hall–Kier alpha value is -1.36. The van der Waals surface area contributed by atoms with Crippen molar-refractivity contribution in [1.82, 2.24) is 14.7 Å². The third kappa shape index (κ3) is 2.84. The van der Waals surface area contributed by atoms with Crippen LogP contribution in [0.5, 0.6) is 0 Å². The molecule has 1 aromatic heterocycles. The normalized spacial score (nSPS) is 29.8. The first-order valence-electron chi connectivity index (χ1n) is 8.09. The predicted molar refractivity (Wildman–Crippen MR) is 79.9 cm³/mol. The van der Waals surface area contributed by atoms with Crippen LogP contribution in [0.3, 0.4) is 0 Å². The summed E-state index contributed by atoms with van der Waals surface area (Å²) in [5, 5.41) is 14.1. The molecule has 1 saturated heterocycles. The van der Waals surface area contributed by atoms with Crippen LogP contribution in [0.2, 0.25) is 0 Å². The van der Waals surface area contributed by atoms with Crippen molar-refractivity contribution < 1.29 is 9.90 Å². The van der Waals surface area contributed by atoms with Gasteiger partial charge in [0.1, 0.15) is 6.04 Å². The number of hydrogen-bond acceptors (Lipinski definition) is 3. The second-order valence-corrected chi connectivity index (χ2v) is 6.75. The minimum Gasteiger partial charge on any atom is -0.480 e. The Balaban J connectivity index is 1.78. The van der Waals surface area contributed by atoms with Crippen LogP contribution in [0, 0.1) is 5.92 Å². The van der Waals surface area contributed by atoms with E-state index >= 15 is 0 Å². The van der Waals surface area contributed by atoms with Crippen LogP contribution in [0.1, 0.15) is 57.7 Å². The fourth-order valence-electron chi connectivity index (χ4n) is 3.96. The molecule has 1 N–H and O–H groups in total. The van der Waals surface area contributed by atoms with Crippen LogP contribution < -0.4 is 0 Å². The van der Waals surface area contributed by atoms with Crippen LogP contribution in [-0.2, 0) is 11.3 Å². The van der Waals surface area contributed by atoms with Gasteiger partial charge in [0.05, 0.1) is 5.69 Å². The van der Waals surface area contributed by atoms with Gasteiger partial charge in [-0.25, -0.2) is 0 Å². The first-order valence-corrected chi connectivity index (χ1v) is 8.09. The average molecular weight is 291 g/mol. The molecule has 1 aliphatic carbocycles. The lowest BCUT2D eigenvalue weighted by atomic mass is 9.85. The molecule has 0 amide bonds. The Bertz CT molecular complexity index is 511. The van der Waals surface area contributed by atoms with Crippen molar-refractivity contribution in [3.05, 3.63) is 18.0 Å². The van der Waals surface area contributed by atoms with E-state index in [1.807, 2.05) is 16.9 Å². The Morgan fingerprint density at radius 3 is 2.86 bits per heavy atom. The van der Waals surface area contributed by atoms with Crippen molar-refractivity contribution >= 4 is 5.97 Å². The molecule has 3 unspecified atom stereocenters. The van der Waals surface area contributed by atoms with Gasteiger partial charge in [0.2, 0.25) is 0 Å². The molecule has 2 aliphatic rings. The summed E-state index contributed by atoms with van der Waals surface area (Å²) in [7, 11) is 0. The third-order valence-electron chi connectivity index (χ3n) is 5.04. The van der Waals surface area contributed by atoms with Gasteiger partial charge >= 0.3 is 5.97 Å². The van der Waals surface area contributed by atoms with E-state index in [0.717, 1.165) is 18.5 Å². The third-order valence-corrected chi connectivity index (χ3v) is 5.04. The Kier molecular flexibility index (Phi) is 4.02. The first-order chi connectivity index (χ1) is 10.1. The van der Waals surface area contributed by atoms with Crippen molar-refractivity contribution in [2.45, 2.75) is 70.6 Å². The summed E-state index contributed by atoms with van der Waals surface area (Å²) in [6, 6.07) is 2.47. The van der Waals surface area contributed by atoms with Gasteiger partial charge in [-0.2, -0.15) is 5.10 Å². The highest BCUT2D eigenvalue weighted by atomic mass is 16.4. The fraction of sp³-hybridized carbons (Fsp3) is 0.750. The summed E-state index contributed by atoms with van der Waals surface area (Å²) in [6.07, 6.45) is 7.60. The summed E-state index contributed by atoms with van der Waals surface area (Å²) in [5.74, 6) is -0.111. The second kappa shape index (κ2) is 5.79. The number of carboxylic acid groups (broad SMARTS) is 1. The van der Waals surface area contributed by atoms with Gasteiger partial charge < -0.3 is 5.11 Å². The Morgan fingerprint density at radius 1 is 1.43 bits per heavy atom. The lowest BCUT2D eigenvalue weighted by molar-refractivity contribution is -0.142. The number of carboxylic acids is 1. The van der Waals surface area contributed by atoms with E-state index in [9.17, 15) is 9.90 Å². The average Bonchev–Trinajstić information content (AvgIpc) is 3.05. The molecule has 3 atom stereocenters. The number of likely N-dealkylation sites (tertiary alicyclic amines) is 1. The molecule has 0 radical (unpaired) electrons. The van der Waals surface area contributed by atoms with Gasteiger partial charge in [0.15, 0.2) is 0 Å². The van der Waals surface area contributed by atoms with E-state index in [-0.39, 0.29) is 6.04 Å². The summed E-state index contributed by atoms with van der Waals surface area (Å²) < 4.78 is 1.94. The zero-order chi connectivity index (χ0) is 15.0. The zero-order valence-corrected chi connectivity index (χ0v) is 12.9. The molecular weight excluding hydrogens is 266 g/mol. The maximum Gasteiger partial charge on any atom is 0.320 e. The summed E-state index contributed by atoms with van der Waals surface area (Å²) in [6.45, 7) is 4.87. The summed E-state index contributed by atoms with van der Waals surface area (Å²) in [5.41, 5.74) is 0.987. The van der Waals surface area contributed by atoms with Crippen LogP contribution in [0.25, 0.3) is 0 Å². The van der Waals surface area contributed by atoms with Crippen LogP contribution >= 0.6 is 0 Å². The molecular formula is C16H25N3O2. The predicted octanol–water partition coefficient (Wildman–Crippen LogP) is 2.68. The van der Waals surface area contributed by atoms with Gasteiger partial charge in [0, 0.05) is 24.8 Å².